The van der Waals surface area contributed by atoms with E-state index >= 15 is 0 Å². The van der Waals surface area contributed by atoms with Gasteiger partial charge in [-0.05, 0) is 46.3 Å². The average molecular weight is 329 g/mol. The molecule has 18 heavy (non-hydrogen) atoms. The number of carbonyl (C=O) groups is 1. The summed E-state index contributed by atoms with van der Waals surface area (Å²) in [7, 11) is 0. The molecule has 0 aliphatic heterocycles. The molecule has 0 spiro atoms. The molecule has 0 atom stereocenters. The Kier molecular flexibility index (Phi) is 3.68. The van der Waals surface area contributed by atoms with Crippen molar-refractivity contribution in [2.75, 3.05) is 5.73 Å². The summed E-state index contributed by atoms with van der Waals surface area (Å²) >= 11 is 9.00. The Bertz CT molecular complexity index is 610. The normalized spacial score (nSPS) is 10.4. The highest BCUT2D eigenvalue weighted by molar-refractivity contribution is 9.10. The van der Waals surface area contributed by atoms with Crippen LogP contribution in [0.1, 0.15) is 15.9 Å². The third-order valence-electron chi connectivity index (χ3n) is 2.45. The Labute approximate surface area is 117 Å². The molecule has 0 fully saturated rings. The standard InChI is InChI=1S/C13H8BrClFNO/c14-8-2-1-3-10(16)12(8)13(18)7-4-5-11(17)9(15)6-7/h1-6H,17H2. The summed E-state index contributed by atoms with van der Waals surface area (Å²) in [5.74, 6) is -1.02. The quantitative estimate of drug-likeness (QED) is 0.667. The molecule has 0 aliphatic rings. The van der Waals surface area contributed by atoms with Gasteiger partial charge < -0.3 is 5.73 Å². The molecule has 2 aromatic carbocycles. The van der Waals surface area contributed by atoms with Crippen LogP contribution in [0.25, 0.3) is 0 Å². The number of rotatable bonds is 2. The Morgan fingerprint density at radius 1 is 1.28 bits per heavy atom. The summed E-state index contributed by atoms with van der Waals surface area (Å²) in [5.41, 5.74) is 6.21. The van der Waals surface area contributed by atoms with E-state index in [-0.39, 0.29) is 10.6 Å². The third-order valence-corrected chi connectivity index (χ3v) is 3.44. The smallest absolute Gasteiger partial charge is 0.197 e. The minimum absolute atomic E-state index is 0.0154. The molecule has 0 bridgehead atoms. The lowest BCUT2D eigenvalue weighted by molar-refractivity contribution is 0.103. The number of benzene rings is 2. The first-order valence-corrected chi connectivity index (χ1v) is 6.21. The van der Waals surface area contributed by atoms with Gasteiger partial charge in [0.25, 0.3) is 0 Å². The van der Waals surface area contributed by atoms with E-state index in [1.165, 1.54) is 30.3 Å². The van der Waals surface area contributed by atoms with Crippen molar-refractivity contribution in [3.63, 3.8) is 0 Å². The number of anilines is 1. The molecule has 92 valence electrons. The van der Waals surface area contributed by atoms with Gasteiger partial charge in [0.1, 0.15) is 5.82 Å². The maximum Gasteiger partial charge on any atom is 0.197 e. The van der Waals surface area contributed by atoms with Crippen LogP contribution in [0.15, 0.2) is 40.9 Å². The molecular formula is C13H8BrClFNO. The minimum atomic E-state index is -0.581. The van der Waals surface area contributed by atoms with Crippen molar-refractivity contribution in [3.8, 4) is 0 Å². The lowest BCUT2D eigenvalue weighted by atomic mass is 10.0. The molecule has 0 aromatic heterocycles. The molecule has 0 amide bonds. The number of hydrogen-bond donors (Lipinski definition) is 1. The highest BCUT2D eigenvalue weighted by Crippen LogP contribution is 2.26. The zero-order valence-corrected chi connectivity index (χ0v) is 11.4. The fraction of sp³-hybridized carbons (Fsp3) is 0. The maximum absolute atomic E-state index is 13.7. The SMILES string of the molecule is Nc1ccc(C(=O)c2c(F)cccc2Br)cc1Cl. The number of hydrogen-bond acceptors (Lipinski definition) is 2. The first kappa shape index (κ1) is 13.1. The Balaban J connectivity index is 2.51. The summed E-state index contributed by atoms with van der Waals surface area (Å²) in [6.07, 6.45) is 0. The second kappa shape index (κ2) is 5.08. The molecule has 0 saturated carbocycles. The fourth-order valence-corrected chi connectivity index (χ4v) is 2.23. The van der Waals surface area contributed by atoms with Gasteiger partial charge in [-0.15, -0.1) is 0 Å². The zero-order valence-electron chi connectivity index (χ0n) is 9.08. The highest BCUT2D eigenvalue weighted by atomic mass is 79.9. The zero-order chi connectivity index (χ0) is 13.3. The molecule has 0 aliphatic carbocycles. The van der Waals surface area contributed by atoms with Gasteiger partial charge in [-0.25, -0.2) is 4.39 Å². The van der Waals surface area contributed by atoms with E-state index in [0.717, 1.165) is 0 Å². The van der Waals surface area contributed by atoms with Gasteiger partial charge >= 0.3 is 0 Å². The van der Waals surface area contributed by atoms with Gasteiger partial charge in [-0.1, -0.05) is 17.7 Å². The molecule has 2 N–H and O–H groups in total. The van der Waals surface area contributed by atoms with Crippen LogP contribution in [0.5, 0.6) is 0 Å². The second-order valence-corrected chi connectivity index (χ2v) is 4.92. The van der Waals surface area contributed by atoms with E-state index in [1.54, 1.807) is 6.07 Å². The maximum atomic E-state index is 13.7. The average Bonchev–Trinajstić information content (AvgIpc) is 2.32. The first-order valence-electron chi connectivity index (χ1n) is 5.04. The molecule has 0 radical (unpaired) electrons. The van der Waals surface area contributed by atoms with E-state index in [4.69, 9.17) is 17.3 Å². The molecule has 0 unspecified atom stereocenters. The number of nitrogens with two attached hydrogens (primary N) is 1. The van der Waals surface area contributed by atoms with Gasteiger partial charge in [0.15, 0.2) is 5.78 Å². The van der Waals surface area contributed by atoms with Crippen molar-refractivity contribution in [1.29, 1.82) is 0 Å². The molecular weight excluding hydrogens is 321 g/mol. The molecule has 2 rings (SSSR count). The molecule has 2 nitrogen and oxygen atoms in total. The van der Waals surface area contributed by atoms with Crippen LogP contribution >= 0.6 is 27.5 Å². The largest absolute Gasteiger partial charge is 0.398 e. The van der Waals surface area contributed by atoms with Crippen LogP contribution < -0.4 is 5.73 Å². The highest BCUT2D eigenvalue weighted by Gasteiger charge is 2.17. The van der Waals surface area contributed by atoms with Crippen LogP contribution in [-0.2, 0) is 0 Å². The van der Waals surface area contributed by atoms with Crippen molar-refractivity contribution < 1.29 is 9.18 Å². The van der Waals surface area contributed by atoms with Crippen LogP contribution in [0.3, 0.4) is 0 Å². The molecule has 0 heterocycles. The van der Waals surface area contributed by atoms with Crippen LogP contribution in [-0.4, -0.2) is 5.78 Å². The second-order valence-electron chi connectivity index (χ2n) is 3.66. The number of ketones is 1. The van der Waals surface area contributed by atoms with E-state index in [2.05, 4.69) is 15.9 Å². The van der Waals surface area contributed by atoms with E-state index in [1.807, 2.05) is 0 Å². The Morgan fingerprint density at radius 3 is 2.61 bits per heavy atom. The predicted molar refractivity (Wildman–Crippen MR) is 73.4 cm³/mol. The number of halogens is 3. The first-order chi connectivity index (χ1) is 8.50. The third kappa shape index (κ3) is 2.40. The van der Waals surface area contributed by atoms with Gasteiger partial charge in [-0.2, -0.15) is 0 Å². The fourth-order valence-electron chi connectivity index (χ4n) is 1.53. The number of carbonyl (C=O) groups excluding carboxylic acids is 1. The molecule has 5 heteroatoms. The monoisotopic (exact) mass is 327 g/mol. The van der Waals surface area contributed by atoms with Crippen molar-refractivity contribution in [2.24, 2.45) is 0 Å². The lowest BCUT2D eigenvalue weighted by Gasteiger charge is -2.06. The number of nitrogen functional groups attached to an aromatic ring is 1. The van der Waals surface area contributed by atoms with Crippen molar-refractivity contribution in [3.05, 3.63) is 62.8 Å². The van der Waals surface area contributed by atoms with Gasteiger partial charge in [0, 0.05) is 10.0 Å². The van der Waals surface area contributed by atoms with Crippen LogP contribution in [0.4, 0.5) is 10.1 Å². The van der Waals surface area contributed by atoms with Crippen molar-refractivity contribution >= 4 is 39.0 Å². The predicted octanol–water partition coefficient (Wildman–Crippen LogP) is 4.05. The summed E-state index contributed by atoms with van der Waals surface area (Å²) in [4.78, 5) is 12.2. The van der Waals surface area contributed by atoms with E-state index < -0.39 is 11.6 Å². The Morgan fingerprint density at radius 2 is 2.00 bits per heavy atom. The van der Waals surface area contributed by atoms with E-state index in [0.29, 0.717) is 15.7 Å². The summed E-state index contributed by atoms with van der Waals surface area (Å²) in [5, 5.41) is 0.272. The molecule has 2 aromatic rings. The van der Waals surface area contributed by atoms with Gasteiger partial charge in [0.2, 0.25) is 0 Å². The summed E-state index contributed by atoms with van der Waals surface area (Å²) in [6, 6.07) is 8.82. The van der Waals surface area contributed by atoms with Gasteiger partial charge in [-0.3, -0.25) is 4.79 Å². The summed E-state index contributed by atoms with van der Waals surface area (Å²) in [6.45, 7) is 0. The topological polar surface area (TPSA) is 43.1 Å². The van der Waals surface area contributed by atoms with Crippen LogP contribution in [0.2, 0.25) is 5.02 Å². The van der Waals surface area contributed by atoms with Gasteiger partial charge in [0.05, 0.1) is 16.3 Å². The van der Waals surface area contributed by atoms with Crippen molar-refractivity contribution in [2.45, 2.75) is 0 Å². The molecule has 0 saturated heterocycles. The Hall–Kier alpha value is -1.39. The summed E-state index contributed by atoms with van der Waals surface area (Å²) < 4.78 is 14.1. The van der Waals surface area contributed by atoms with E-state index in [9.17, 15) is 9.18 Å². The van der Waals surface area contributed by atoms with Crippen LogP contribution in [0, 0.1) is 5.82 Å². The van der Waals surface area contributed by atoms with Crippen molar-refractivity contribution in [1.82, 2.24) is 0 Å². The lowest BCUT2D eigenvalue weighted by Crippen LogP contribution is -2.05. The minimum Gasteiger partial charge on any atom is -0.398 e.